The zero-order chi connectivity index (χ0) is 32.4. The van der Waals surface area contributed by atoms with E-state index in [1.807, 2.05) is 93.6 Å². The standard InChI is InChI=1S/C38H33BrN4O3/c1-5-46-36(45)27-16-19-30(20-17-27)42-33(25-12-8-6-9-13-25)22-28(34(42)26-14-10-7-11-15-26)24-40-43-35(44)31-23-29(39)18-21-32(31)41-37(43)38(2,3)4/h6-24H,5H2,1-4H3. The van der Waals surface area contributed by atoms with Gasteiger partial charge in [-0.15, -0.1) is 0 Å². The minimum atomic E-state index is -0.457. The molecule has 8 heteroatoms. The third-order valence-electron chi connectivity index (χ3n) is 7.58. The molecule has 46 heavy (non-hydrogen) atoms. The van der Waals surface area contributed by atoms with Gasteiger partial charge in [-0.2, -0.15) is 9.78 Å². The molecule has 0 radical (unpaired) electrons. The molecule has 0 saturated carbocycles. The summed E-state index contributed by atoms with van der Waals surface area (Å²) in [7, 11) is 0. The van der Waals surface area contributed by atoms with Gasteiger partial charge in [-0.05, 0) is 66.6 Å². The Morgan fingerprint density at radius 1 is 0.891 bits per heavy atom. The van der Waals surface area contributed by atoms with Gasteiger partial charge in [0.05, 0.1) is 40.7 Å². The van der Waals surface area contributed by atoms with Crippen LogP contribution in [0.25, 0.3) is 39.1 Å². The fraction of sp³-hybridized carbons (Fsp3) is 0.158. The number of fused-ring (bicyclic) bond motifs is 1. The predicted octanol–water partition coefficient (Wildman–Crippen LogP) is 8.64. The predicted molar refractivity (Wildman–Crippen MR) is 188 cm³/mol. The van der Waals surface area contributed by atoms with E-state index in [1.165, 1.54) is 4.68 Å². The zero-order valence-electron chi connectivity index (χ0n) is 26.1. The van der Waals surface area contributed by atoms with Gasteiger partial charge in [0, 0.05) is 21.1 Å². The molecule has 0 amide bonds. The Labute approximate surface area is 275 Å². The molecule has 0 bridgehead atoms. The van der Waals surface area contributed by atoms with E-state index in [0.29, 0.717) is 28.9 Å². The van der Waals surface area contributed by atoms with E-state index in [-0.39, 0.29) is 11.5 Å². The molecule has 0 saturated heterocycles. The minimum absolute atomic E-state index is 0.244. The second-order valence-electron chi connectivity index (χ2n) is 11.9. The molecule has 0 aliphatic carbocycles. The molecule has 7 nitrogen and oxygen atoms in total. The molecule has 0 N–H and O–H groups in total. The Bertz CT molecular complexity index is 2130. The maximum Gasteiger partial charge on any atom is 0.338 e. The first kappa shape index (κ1) is 30.9. The van der Waals surface area contributed by atoms with Crippen molar-refractivity contribution in [3.63, 3.8) is 0 Å². The summed E-state index contributed by atoms with van der Waals surface area (Å²) in [6.45, 7) is 8.15. The van der Waals surface area contributed by atoms with Crippen molar-refractivity contribution < 1.29 is 9.53 Å². The van der Waals surface area contributed by atoms with Crippen molar-refractivity contribution in [1.82, 2.24) is 14.2 Å². The molecule has 0 unspecified atom stereocenters. The number of nitrogens with zero attached hydrogens (tertiary/aromatic N) is 4. The zero-order valence-corrected chi connectivity index (χ0v) is 27.7. The van der Waals surface area contributed by atoms with Crippen LogP contribution in [-0.4, -0.2) is 33.0 Å². The third kappa shape index (κ3) is 6.08. The van der Waals surface area contributed by atoms with Crippen molar-refractivity contribution in [1.29, 1.82) is 0 Å². The first-order valence-electron chi connectivity index (χ1n) is 15.1. The lowest BCUT2D eigenvalue weighted by molar-refractivity contribution is 0.0526. The average Bonchev–Trinajstić information content (AvgIpc) is 3.44. The molecule has 2 aromatic heterocycles. The van der Waals surface area contributed by atoms with Gasteiger partial charge in [0.2, 0.25) is 0 Å². The van der Waals surface area contributed by atoms with Crippen LogP contribution in [0.5, 0.6) is 0 Å². The van der Waals surface area contributed by atoms with Gasteiger partial charge in [-0.3, -0.25) is 4.79 Å². The summed E-state index contributed by atoms with van der Waals surface area (Å²) in [6, 6.07) is 35.1. The minimum Gasteiger partial charge on any atom is -0.462 e. The van der Waals surface area contributed by atoms with E-state index in [9.17, 15) is 9.59 Å². The highest BCUT2D eigenvalue weighted by molar-refractivity contribution is 9.10. The highest BCUT2D eigenvalue weighted by atomic mass is 79.9. The number of carbonyl (C=O) groups excluding carboxylic acids is 1. The number of benzene rings is 4. The fourth-order valence-electron chi connectivity index (χ4n) is 5.43. The van der Waals surface area contributed by atoms with E-state index in [1.54, 1.807) is 31.3 Å². The number of ether oxygens (including phenoxy) is 1. The average molecular weight is 674 g/mol. The van der Waals surface area contributed by atoms with Gasteiger partial charge in [-0.1, -0.05) is 97.4 Å². The Kier molecular flexibility index (Phi) is 8.56. The monoisotopic (exact) mass is 672 g/mol. The smallest absolute Gasteiger partial charge is 0.338 e. The molecule has 0 aliphatic heterocycles. The number of hydrogen-bond acceptors (Lipinski definition) is 5. The summed E-state index contributed by atoms with van der Waals surface area (Å²) in [5, 5.41) is 5.31. The number of aromatic nitrogens is 3. The maximum absolute atomic E-state index is 13.9. The lowest BCUT2D eigenvalue weighted by atomic mass is 9.95. The van der Waals surface area contributed by atoms with E-state index in [2.05, 4.69) is 38.7 Å². The van der Waals surface area contributed by atoms with Crippen LogP contribution in [0.4, 0.5) is 0 Å². The maximum atomic E-state index is 13.9. The molecular formula is C38H33BrN4O3. The van der Waals surface area contributed by atoms with Crippen molar-refractivity contribution in [2.24, 2.45) is 5.10 Å². The molecule has 2 heterocycles. The van der Waals surface area contributed by atoms with Crippen LogP contribution in [0.2, 0.25) is 0 Å². The fourth-order valence-corrected chi connectivity index (χ4v) is 5.79. The SMILES string of the molecule is CCOC(=O)c1ccc(-n2c(-c3ccccc3)cc(C=Nn3c(C(C)(C)C)nc4ccc(Br)cc4c3=O)c2-c2ccccc2)cc1. The Morgan fingerprint density at radius 3 is 2.17 bits per heavy atom. The molecule has 6 aromatic rings. The Hall–Kier alpha value is -5.08. The van der Waals surface area contributed by atoms with Crippen molar-refractivity contribution >= 4 is 39.0 Å². The van der Waals surface area contributed by atoms with E-state index in [4.69, 9.17) is 14.8 Å². The van der Waals surface area contributed by atoms with Crippen LogP contribution in [0.15, 0.2) is 124 Å². The van der Waals surface area contributed by atoms with Crippen molar-refractivity contribution in [3.05, 3.63) is 141 Å². The van der Waals surface area contributed by atoms with Gasteiger partial charge in [-0.25, -0.2) is 9.78 Å². The lowest BCUT2D eigenvalue weighted by Crippen LogP contribution is -2.29. The van der Waals surface area contributed by atoms with Crippen LogP contribution in [0.1, 0.15) is 49.4 Å². The second-order valence-corrected chi connectivity index (χ2v) is 12.8. The molecule has 4 aromatic carbocycles. The first-order valence-corrected chi connectivity index (χ1v) is 15.9. The quantitative estimate of drug-likeness (QED) is 0.126. The Balaban J connectivity index is 1.61. The second kappa shape index (κ2) is 12.7. The molecule has 0 fully saturated rings. The molecule has 6 rings (SSSR count). The number of carbonyl (C=O) groups is 1. The van der Waals surface area contributed by atoms with Crippen LogP contribution in [-0.2, 0) is 10.2 Å². The number of halogens is 1. The summed E-state index contributed by atoms with van der Waals surface area (Å²) in [5.41, 5.74) is 5.83. The van der Waals surface area contributed by atoms with Gasteiger partial charge >= 0.3 is 5.97 Å². The lowest BCUT2D eigenvalue weighted by Gasteiger charge is -2.21. The Morgan fingerprint density at radius 2 is 1.54 bits per heavy atom. The van der Waals surface area contributed by atoms with E-state index in [0.717, 1.165) is 38.2 Å². The molecule has 0 aliphatic rings. The van der Waals surface area contributed by atoms with Gasteiger partial charge in [0.1, 0.15) is 5.82 Å². The highest BCUT2D eigenvalue weighted by Gasteiger charge is 2.24. The summed E-state index contributed by atoms with van der Waals surface area (Å²) >= 11 is 3.49. The summed E-state index contributed by atoms with van der Waals surface area (Å²) < 4.78 is 9.58. The molecule has 230 valence electrons. The number of hydrogen-bond donors (Lipinski definition) is 0. The summed E-state index contributed by atoms with van der Waals surface area (Å²) in [6.07, 6.45) is 1.74. The van der Waals surface area contributed by atoms with Crippen molar-refractivity contribution in [2.45, 2.75) is 33.1 Å². The van der Waals surface area contributed by atoms with Crippen LogP contribution >= 0.6 is 15.9 Å². The largest absolute Gasteiger partial charge is 0.462 e. The van der Waals surface area contributed by atoms with Crippen molar-refractivity contribution in [3.8, 4) is 28.2 Å². The number of esters is 1. The van der Waals surface area contributed by atoms with E-state index >= 15 is 0 Å². The van der Waals surface area contributed by atoms with Crippen LogP contribution in [0.3, 0.4) is 0 Å². The molecule has 0 atom stereocenters. The van der Waals surface area contributed by atoms with E-state index < -0.39 is 5.41 Å². The van der Waals surface area contributed by atoms with Gasteiger partial charge in [0.25, 0.3) is 5.56 Å². The molecule has 0 spiro atoms. The first-order chi connectivity index (χ1) is 22.2. The topological polar surface area (TPSA) is 78.5 Å². The normalized spacial score (nSPS) is 11.8. The number of rotatable bonds is 7. The highest BCUT2D eigenvalue weighted by Crippen LogP contribution is 2.36. The molecular weight excluding hydrogens is 640 g/mol. The third-order valence-corrected chi connectivity index (χ3v) is 8.07. The van der Waals surface area contributed by atoms with Gasteiger partial charge in [0.15, 0.2) is 0 Å². The summed E-state index contributed by atoms with van der Waals surface area (Å²) in [5.74, 6) is 0.194. The van der Waals surface area contributed by atoms with Crippen molar-refractivity contribution in [2.75, 3.05) is 6.61 Å². The van der Waals surface area contributed by atoms with Crippen LogP contribution in [0, 0.1) is 0 Å². The summed E-state index contributed by atoms with van der Waals surface area (Å²) in [4.78, 5) is 31.2. The van der Waals surface area contributed by atoms with Crippen LogP contribution < -0.4 is 5.56 Å². The van der Waals surface area contributed by atoms with Gasteiger partial charge < -0.3 is 9.30 Å².